The van der Waals surface area contributed by atoms with Crippen LogP contribution in [0.5, 0.6) is 0 Å². The first-order valence-corrected chi connectivity index (χ1v) is 7.77. The van der Waals surface area contributed by atoms with E-state index in [1.807, 2.05) is 26.0 Å². The number of aliphatic carboxylic acids is 1. The van der Waals surface area contributed by atoms with Crippen LogP contribution in [-0.2, 0) is 4.79 Å². The van der Waals surface area contributed by atoms with Crippen LogP contribution in [0.3, 0.4) is 0 Å². The quantitative estimate of drug-likeness (QED) is 0.714. The van der Waals surface area contributed by atoms with Gasteiger partial charge in [0, 0.05) is 4.90 Å². The average Bonchev–Trinajstić information content (AvgIpc) is 2.43. The number of hydrogen-bond donors (Lipinski definition) is 2. The van der Waals surface area contributed by atoms with E-state index in [2.05, 4.69) is 11.4 Å². The molecule has 0 aliphatic rings. The molecule has 0 bridgehead atoms. The van der Waals surface area contributed by atoms with E-state index in [1.165, 1.54) is 0 Å². The molecule has 0 saturated carbocycles. The number of unbranched alkanes of at least 4 members (excludes halogenated alkanes) is 1. The largest absolute Gasteiger partial charge is 0.480 e. The average molecular weight is 292 g/mol. The summed E-state index contributed by atoms with van der Waals surface area (Å²) in [7, 11) is 0. The van der Waals surface area contributed by atoms with Crippen molar-refractivity contribution in [2.45, 2.75) is 44.0 Å². The van der Waals surface area contributed by atoms with E-state index in [-0.39, 0.29) is 0 Å². The summed E-state index contributed by atoms with van der Waals surface area (Å²) in [6.45, 7) is 4.05. The standard InChI is InChI=1S/C15H20N2O2S/c1-3-5-7-13(15(18)19)17-12-8-6-9-14(20-4-2)11(12)10-16/h6,8-9,13,17H,3-5,7H2,1-2H3,(H,18,19). The fourth-order valence-electron chi connectivity index (χ4n) is 1.90. The molecule has 0 aromatic heterocycles. The van der Waals surface area contributed by atoms with Gasteiger partial charge in [-0.25, -0.2) is 4.79 Å². The van der Waals surface area contributed by atoms with Crippen LogP contribution in [0.25, 0.3) is 0 Å². The molecule has 1 aromatic carbocycles. The van der Waals surface area contributed by atoms with Crippen molar-refractivity contribution in [3.8, 4) is 6.07 Å². The fourth-order valence-corrected chi connectivity index (χ4v) is 2.68. The van der Waals surface area contributed by atoms with Gasteiger partial charge in [0.2, 0.25) is 0 Å². The second-order valence-corrected chi connectivity index (χ2v) is 5.71. The predicted octanol–water partition coefficient (Wildman–Crippen LogP) is 3.73. The third kappa shape index (κ3) is 4.46. The third-order valence-corrected chi connectivity index (χ3v) is 3.85. The van der Waals surface area contributed by atoms with Crippen LogP contribution in [0, 0.1) is 11.3 Å². The Hall–Kier alpha value is -1.67. The second kappa shape index (κ2) is 8.49. The highest BCUT2D eigenvalue weighted by Gasteiger charge is 2.18. The summed E-state index contributed by atoms with van der Waals surface area (Å²) < 4.78 is 0. The maximum Gasteiger partial charge on any atom is 0.326 e. The van der Waals surface area contributed by atoms with Crippen molar-refractivity contribution in [1.29, 1.82) is 5.26 Å². The Morgan fingerprint density at radius 2 is 2.25 bits per heavy atom. The van der Waals surface area contributed by atoms with E-state index in [0.717, 1.165) is 23.5 Å². The first kappa shape index (κ1) is 16.4. The van der Waals surface area contributed by atoms with Gasteiger partial charge < -0.3 is 10.4 Å². The Bertz CT molecular complexity index is 497. The van der Waals surface area contributed by atoms with E-state index in [1.54, 1.807) is 17.8 Å². The van der Waals surface area contributed by atoms with Gasteiger partial charge in [0.05, 0.1) is 11.3 Å². The van der Waals surface area contributed by atoms with E-state index < -0.39 is 12.0 Å². The Balaban J connectivity index is 2.97. The van der Waals surface area contributed by atoms with Gasteiger partial charge in [0.25, 0.3) is 0 Å². The molecular weight excluding hydrogens is 272 g/mol. The van der Waals surface area contributed by atoms with Gasteiger partial charge in [-0.1, -0.05) is 32.8 Å². The summed E-state index contributed by atoms with van der Waals surface area (Å²) >= 11 is 1.58. The maximum absolute atomic E-state index is 11.3. The molecule has 1 atom stereocenters. The molecule has 20 heavy (non-hydrogen) atoms. The van der Waals surface area contributed by atoms with Gasteiger partial charge in [-0.3, -0.25) is 0 Å². The van der Waals surface area contributed by atoms with Crippen LogP contribution in [0.4, 0.5) is 5.69 Å². The molecule has 5 heteroatoms. The number of nitrogens with zero attached hydrogens (tertiary/aromatic N) is 1. The van der Waals surface area contributed by atoms with E-state index in [4.69, 9.17) is 0 Å². The van der Waals surface area contributed by atoms with Crippen LogP contribution in [0.15, 0.2) is 23.1 Å². The number of nitriles is 1. The molecule has 0 aliphatic heterocycles. The van der Waals surface area contributed by atoms with Crippen molar-refractivity contribution < 1.29 is 9.90 Å². The molecular formula is C15H20N2O2S. The Labute approximate surface area is 124 Å². The van der Waals surface area contributed by atoms with Gasteiger partial charge in [-0.05, 0) is 24.3 Å². The number of thioether (sulfide) groups is 1. The minimum Gasteiger partial charge on any atom is -0.480 e. The van der Waals surface area contributed by atoms with Crippen molar-refractivity contribution in [2.24, 2.45) is 0 Å². The van der Waals surface area contributed by atoms with E-state index in [0.29, 0.717) is 17.7 Å². The maximum atomic E-state index is 11.3. The smallest absolute Gasteiger partial charge is 0.326 e. The van der Waals surface area contributed by atoms with Crippen molar-refractivity contribution in [3.63, 3.8) is 0 Å². The molecule has 4 nitrogen and oxygen atoms in total. The highest BCUT2D eigenvalue weighted by atomic mass is 32.2. The molecule has 0 saturated heterocycles. The molecule has 0 amide bonds. The lowest BCUT2D eigenvalue weighted by Crippen LogP contribution is -2.29. The van der Waals surface area contributed by atoms with Crippen molar-refractivity contribution in [3.05, 3.63) is 23.8 Å². The monoisotopic (exact) mass is 292 g/mol. The van der Waals surface area contributed by atoms with E-state index in [9.17, 15) is 15.2 Å². The summed E-state index contributed by atoms with van der Waals surface area (Å²) in [4.78, 5) is 12.2. The number of carbonyl (C=O) groups is 1. The zero-order valence-corrected chi connectivity index (χ0v) is 12.7. The molecule has 1 aromatic rings. The lowest BCUT2D eigenvalue weighted by atomic mass is 10.1. The highest BCUT2D eigenvalue weighted by Crippen LogP contribution is 2.28. The zero-order chi connectivity index (χ0) is 15.0. The third-order valence-electron chi connectivity index (χ3n) is 2.91. The van der Waals surface area contributed by atoms with Gasteiger partial charge in [0.1, 0.15) is 12.1 Å². The molecule has 0 spiro atoms. The number of hydrogen-bond acceptors (Lipinski definition) is 4. The topological polar surface area (TPSA) is 73.1 Å². The lowest BCUT2D eigenvalue weighted by molar-refractivity contribution is -0.138. The van der Waals surface area contributed by atoms with Crippen LogP contribution in [-0.4, -0.2) is 22.9 Å². The van der Waals surface area contributed by atoms with Gasteiger partial charge in [-0.2, -0.15) is 5.26 Å². The second-order valence-electron chi connectivity index (χ2n) is 4.40. The van der Waals surface area contributed by atoms with Crippen LogP contribution < -0.4 is 5.32 Å². The number of anilines is 1. The number of rotatable bonds is 8. The van der Waals surface area contributed by atoms with Crippen molar-refractivity contribution >= 4 is 23.4 Å². The fraction of sp³-hybridized carbons (Fsp3) is 0.467. The summed E-state index contributed by atoms with van der Waals surface area (Å²) in [5.41, 5.74) is 1.14. The normalized spacial score (nSPS) is 11.7. The molecule has 2 N–H and O–H groups in total. The summed E-state index contributed by atoms with van der Waals surface area (Å²) in [5, 5.41) is 21.5. The minimum absolute atomic E-state index is 0.530. The lowest BCUT2D eigenvalue weighted by Gasteiger charge is -2.17. The molecule has 0 heterocycles. The molecule has 0 aliphatic carbocycles. The van der Waals surface area contributed by atoms with Gasteiger partial charge >= 0.3 is 5.97 Å². The number of carboxylic acid groups (broad SMARTS) is 1. The first-order valence-electron chi connectivity index (χ1n) is 6.79. The van der Waals surface area contributed by atoms with Gasteiger partial charge in [-0.15, -0.1) is 11.8 Å². The van der Waals surface area contributed by atoms with Crippen molar-refractivity contribution in [1.82, 2.24) is 0 Å². The summed E-state index contributed by atoms with van der Waals surface area (Å²) in [6.07, 6.45) is 2.35. The SMILES string of the molecule is CCCCC(Nc1cccc(SCC)c1C#N)C(=O)O. The Morgan fingerprint density at radius 1 is 1.50 bits per heavy atom. The van der Waals surface area contributed by atoms with Crippen LogP contribution in [0.2, 0.25) is 0 Å². The number of carboxylic acids is 1. The molecule has 108 valence electrons. The van der Waals surface area contributed by atoms with Crippen LogP contribution in [0.1, 0.15) is 38.7 Å². The summed E-state index contributed by atoms with van der Waals surface area (Å²) in [6, 6.07) is 7.02. The van der Waals surface area contributed by atoms with E-state index >= 15 is 0 Å². The Morgan fingerprint density at radius 3 is 2.80 bits per heavy atom. The van der Waals surface area contributed by atoms with Crippen LogP contribution >= 0.6 is 11.8 Å². The number of benzene rings is 1. The highest BCUT2D eigenvalue weighted by molar-refractivity contribution is 7.99. The minimum atomic E-state index is -0.879. The summed E-state index contributed by atoms with van der Waals surface area (Å²) in [5.74, 6) is -0.00745. The molecule has 0 radical (unpaired) electrons. The van der Waals surface area contributed by atoms with Crippen molar-refractivity contribution in [2.75, 3.05) is 11.1 Å². The van der Waals surface area contributed by atoms with Gasteiger partial charge in [0.15, 0.2) is 0 Å². The molecule has 1 rings (SSSR count). The predicted molar refractivity (Wildman–Crippen MR) is 82.1 cm³/mol. The molecule has 0 fully saturated rings. The molecule has 1 unspecified atom stereocenters. The Kier molecular flexibility index (Phi) is 6.96. The zero-order valence-electron chi connectivity index (χ0n) is 11.8. The first-order chi connectivity index (χ1) is 9.63. The number of nitrogens with one attached hydrogen (secondary N) is 1.